The Balaban J connectivity index is 2.45. The van der Waals surface area contributed by atoms with Gasteiger partial charge in [-0.15, -0.1) is 0 Å². The fourth-order valence-corrected chi connectivity index (χ4v) is 3.28. The third-order valence-electron chi connectivity index (χ3n) is 5.06. The molecule has 2 N–H and O–H groups in total. The average Bonchev–Trinajstić information content (AvgIpc) is 2.69. The molecule has 1 heterocycles. The number of carbonyl (C=O) groups excluding carboxylic acids is 1. The van der Waals surface area contributed by atoms with Gasteiger partial charge < -0.3 is 29.7 Å². The molecule has 1 rings (SSSR count). The van der Waals surface area contributed by atoms with Crippen molar-refractivity contribution in [2.24, 2.45) is 10.9 Å². The zero-order chi connectivity index (χ0) is 23.3. The van der Waals surface area contributed by atoms with Crippen LogP contribution in [0.1, 0.15) is 67.2 Å². The number of hydrogen-bond donors (Lipinski definition) is 2. The third-order valence-corrected chi connectivity index (χ3v) is 5.06. The van der Waals surface area contributed by atoms with E-state index in [1.54, 1.807) is 0 Å². The van der Waals surface area contributed by atoms with E-state index in [0.29, 0.717) is 12.0 Å². The van der Waals surface area contributed by atoms with Crippen molar-refractivity contribution >= 4 is 12.1 Å². The maximum atomic E-state index is 12.2. The number of hydrogen-bond acceptors (Lipinski definition) is 5. The summed E-state index contributed by atoms with van der Waals surface area (Å²) < 4.78 is 16.7. The first-order valence-corrected chi connectivity index (χ1v) is 11.8. The van der Waals surface area contributed by atoms with Crippen LogP contribution in [0.15, 0.2) is 4.99 Å². The van der Waals surface area contributed by atoms with Crippen LogP contribution in [0.2, 0.25) is 0 Å². The number of amides is 1. The van der Waals surface area contributed by atoms with Crippen LogP contribution >= 0.6 is 0 Å². The Morgan fingerprint density at radius 1 is 1.26 bits per heavy atom. The van der Waals surface area contributed by atoms with Crippen molar-refractivity contribution in [3.63, 3.8) is 0 Å². The van der Waals surface area contributed by atoms with E-state index >= 15 is 0 Å². The minimum absolute atomic E-state index is 0.0352. The molecule has 1 amide bonds. The lowest BCUT2D eigenvalue weighted by Crippen LogP contribution is -2.45. The zero-order valence-corrected chi connectivity index (χ0v) is 20.8. The van der Waals surface area contributed by atoms with E-state index in [1.807, 2.05) is 27.8 Å². The molecule has 0 saturated carbocycles. The molecule has 8 nitrogen and oxygen atoms in total. The van der Waals surface area contributed by atoms with Crippen LogP contribution in [0.4, 0.5) is 4.79 Å². The van der Waals surface area contributed by atoms with Gasteiger partial charge in [-0.3, -0.25) is 4.99 Å². The monoisotopic (exact) mass is 442 g/mol. The molecule has 0 aromatic heterocycles. The van der Waals surface area contributed by atoms with E-state index in [9.17, 15) is 4.79 Å². The Kier molecular flexibility index (Phi) is 12.9. The third kappa shape index (κ3) is 12.8. The van der Waals surface area contributed by atoms with Crippen LogP contribution in [0.5, 0.6) is 0 Å². The lowest BCUT2D eigenvalue weighted by Gasteiger charge is -2.28. The molecule has 1 saturated heterocycles. The molecule has 1 fully saturated rings. The molecule has 182 valence electrons. The topological polar surface area (TPSA) is 84.4 Å². The van der Waals surface area contributed by atoms with Crippen LogP contribution in [0.25, 0.3) is 0 Å². The van der Waals surface area contributed by atoms with Gasteiger partial charge in [-0.2, -0.15) is 0 Å². The molecule has 31 heavy (non-hydrogen) atoms. The first-order chi connectivity index (χ1) is 14.6. The number of aliphatic imine (C=N–C) groups is 1. The second-order valence-corrected chi connectivity index (χ2v) is 9.48. The average molecular weight is 443 g/mol. The molecular formula is C23H46N4O4. The van der Waals surface area contributed by atoms with E-state index in [-0.39, 0.29) is 12.1 Å². The quantitative estimate of drug-likeness (QED) is 0.290. The fourth-order valence-electron chi connectivity index (χ4n) is 3.28. The molecule has 1 unspecified atom stereocenters. The fraction of sp³-hybridized carbons (Fsp3) is 0.913. The van der Waals surface area contributed by atoms with E-state index < -0.39 is 5.60 Å². The van der Waals surface area contributed by atoms with Gasteiger partial charge in [0.15, 0.2) is 5.96 Å². The minimum Gasteiger partial charge on any atom is -0.444 e. The van der Waals surface area contributed by atoms with E-state index in [4.69, 9.17) is 19.2 Å². The lowest BCUT2D eigenvalue weighted by molar-refractivity contribution is -0.0318. The molecule has 0 bridgehead atoms. The summed E-state index contributed by atoms with van der Waals surface area (Å²) in [6.07, 6.45) is 3.66. The number of ether oxygens (including phenoxy) is 3. The number of carbonyl (C=O) groups is 1. The van der Waals surface area contributed by atoms with Gasteiger partial charge in [0, 0.05) is 52.5 Å². The zero-order valence-electron chi connectivity index (χ0n) is 20.8. The van der Waals surface area contributed by atoms with Crippen molar-refractivity contribution in [3.05, 3.63) is 0 Å². The Morgan fingerprint density at radius 2 is 1.94 bits per heavy atom. The summed E-state index contributed by atoms with van der Waals surface area (Å²) in [5.41, 5.74) is -0.498. The Morgan fingerprint density at radius 3 is 2.52 bits per heavy atom. The lowest BCUT2D eigenvalue weighted by atomic mass is 10.0. The predicted octanol–water partition coefficient (Wildman–Crippen LogP) is 3.41. The Labute approximate surface area is 189 Å². The van der Waals surface area contributed by atoms with Crippen LogP contribution < -0.4 is 10.6 Å². The summed E-state index contributed by atoms with van der Waals surface area (Å²) in [6, 6.07) is 0.0352. The SMILES string of the molecule is CCNC(=NCCCOC1CCOCC1)N(C)CCC(NC(=O)OC(C)(C)C)C(C)C. The second kappa shape index (κ2) is 14.5. The number of guanidine groups is 1. The summed E-state index contributed by atoms with van der Waals surface area (Å²) >= 11 is 0. The van der Waals surface area contributed by atoms with E-state index in [1.165, 1.54) is 0 Å². The maximum absolute atomic E-state index is 12.2. The summed E-state index contributed by atoms with van der Waals surface area (Å²) in [7, 11) is 2.03. The van der Waals surface area contributed by atoms with Gasteiger partial charge in [-0.05, 0) is 59.3 Å². The van der Waals surface area contributed by atoms with Crippen molar-refractivity contribution in [1.82, 2.24) is 15.5 Å². The molecular weight excluding hydrogens is 396 g/mol. The molecule has 0 aromatic rings. The molecule has 0 spiro atoms. The Hall–Kier alpha value is -1.54. The highest BCUT2D eigenvalue weighted by Gasteiger charge is 2.22. The van der Waals surface area contributed by atoms with Gasteiger partial charge in [0.1, 0.15) is 5.60 Å². The predicted molar refractivity (Wildman–Crippen MR) is 126 cm³/mol. The van der Waals surface area contributed by atoms with Crippen molar-refractivity contribution in [3.8, 4) is 0 Å². The highest BCUT2D eigenvalue weighted by Crippen LogP contribution is 2.12. The van der Waals surface area contributed by atoms with Crippen LogP contribution in [-0.4, -0.2) is 81.2 Å². The molecule has 8 heteroatoms. The second-order valence-electron chi connectivity index (χ2n) is 9.48. The van der Waals surface area contributed by atoms with Gasteiger partial charge in [0.05, 0.1) is 6.10 Å². The summed E-state index contributed by atoms with van der Waals surface area (Å²) in [5, 5.41) is 6.37. The first-order valence-electron chi connectivity index (χ1n) is 11.8. The van der Waals surface area contributed by atoms with Crippen LogP contribution in [0, 0.1) is 5.92 Å². The van der Waals surface area contributed by atoms with Crippen LogP contribution in [0.3, 0.4) is 0 Å². The van der Waals surface area contributed by atoms with Gasteiger partial charge in [-0.25, -0.2) is 4.79 Å². The van der Waals surface area contributed by atoms with Crippen LogP contribution in [-0.2, 0) is 14.2 Å². The number of rotatable bonds is 11. The smallest absolute Gasteiger partial charge is 0.407 e. The van der Waals surface area contributed by atoms with Crippen molar-refractivity contribution < 1.29 is 19.0 Å². The highest BCUT2D eigenvalue weighted by atomic mass is 16.6. The minimum atomic E-state index is -0.498. The molecule has 1 aliphatic rings. The van der Waals surface area contributed by atoms with Gasteiger partial charge in [0.25, 0.3) is 0 Å². The summed E-state index contributed by atoms with van der Waals surface area (Å²) in [4.78, 5) is 19.0. The van der Waals surface area contributed by atoms with E-state index in [0.717, 1.165) is 71.1 Å². The molecule has 0 aromatic carbocycles. The number of nitrogens with one attached hydrogen (secondary N) is 2. The van der Waals surface area contributed by atoms with Crippen molar-refractivity contribution in [2.75, 3.05) is 46.5 Å². The number of nitrogens with zero attached hydrogens (tertiary/aromatic N) is 2. The van der Waals surface area contributed by atoms with E-state index in [2.05, 4.69) is 36.3 Å². The summed E-state index contributed by atoms with van der Waals surface area (Å²) in [5.74, 6) is 1.19. The van der Waals surface area contributed by atoms with Crippen molar-refractivity contribution in [2.45, 2.75) is 85.0 Å². The highest BCUT2D eigenvalue weighted by molar-refractivity contribution is 5.79. The first kappa shape index (κ1) is 27.5. The molecule has 0 radical (unpaired) electrons. The molecule has 1 atom stereocenters. The van der Waals surface area contributed by atoms with Gasteiger partial charge in [0.2, 0.25) is 0 Å². The number of alkyl carbamates (subject to hydrolysis) is 1. The standard InChI is InChI=1S/C23H46N4O4/c1-8-24-21(25-13-9-15-30-19-11-16-29-17-12-19)27(7)14-10-20(18(2)3)26-22(28)31-23(4,5)6/h18-20H,8-17H2,1-7H3,(H,24,25)(H,26,28). The summed E-state index contributed by atoms with van der Waals surface area (Å²) in [6.45, 7) is 16.6. The van der Waals surface area contributed by atoms with Crippen molar-refractivity contribution in [1.29, 1.82) is 0 Å². The van der Waals surface area contributed by atoms with Gasteiger partial charge in [-0.1, -0.05) is 13.8 Å². The largest absolute Gasteiger partial charge is 0.444 e. The maximum Gasteiger partial charge on any atom is 0.407 e. The molecule has 1 aliphatic heterocycles. The Bertz CT molecular complexity index is 528. The molecule has 0 aliphatic carbocycles. The van der Waals surface area contributed by atoms with Gasteiger partial charge >= 0.3 is 6.09 Å². The normalized spacial score (nSPS) is 16.8.